The lowest BCUT2D eigenvalue weighted by molar-refractivity contribution is 0.620. The smallest absolute Gasteiger partial charge is 0.161 e. The molecule has 5 heteroatoms. The van der Waals surface area contributed by atoms with E-state index in [1.807, 2.05) is 25.1 Å². The standard InChI is InChI=1S/C16H11BrFN3/c1-10(12-4-2-11(8-19)3-5-12)21-14-7-6-13(9-20)15(17)16(14)18/h2-7,10,21H,1H3. The largest absolute Gasteiger partial charge is 0.376 e. The highest BCUT2D eigenvalue weighted by Crippen LogP contribution is 2.29. The summed E-state index contributed by atoms with van der Waals surface area (Å²) in [6.45, 7) is 1.90. The van der Waals surface area contributed by atoms with Crippen LogP contribution in [0, 0.1) is 28.5 Å². The third-order valence-corrected chi connectivity index (χ3v) is 3.89. The molecule has 0 aliphatic heterocycles. The number of hydrogen-bond donors (Lipinski definition) is 1. The average molecular weight is 344 g/mol. The molecule has 2 aromatic rings. The van der Waals surface area contributed by atoms with Gasteiger partial charge in [0, 0.05) is 6.04 Å². The number of halogens is 2. The Morgan fingerprint density at radius 3 is 2.33 bits per heavy atom. The molecule has 0 saturated heterocycles. The number of hydrogen-bond acceptors (Lipinski definition) is 3. The summed E-state index contributed by atoms with van der Waals surface area (Å²) in [7, 11) is 0. The van der Waals surface area contributed by atoms with Gasteiger partial charge in [0.15, 0.2) is 5.82 Å². The van der Waals surface area contributed by atoms with E-state index in [4.69, 9.17) is 10.5 Å². The van der Waals surface area contributed by atoms with Crippen molar-refractivity contribution in [3.05, 3.63) is 63.4 Å². The van der Waals surface area contributed by atoms with Crippen molar-refractivity contribution in [3.8, 4) is 12.1 Å². The normalized spacial score (nSPS) is 11.3. The Bertz CT molecular complexity index is 742. The molecule has 0 saturated carbocycles. The Labute approximate surface area is 130 Å². The van der Waals surface area contributed by atoms with Gasteiger partial charge in [0.1, 0.15) is 6.07 Å². The van der Waals surface area contributed by atoms with Crippen molar-refractivity contribution in [2.24, 2.45) is 0 Å². The van der Waals surface area contributed by atoms with Crippen LogP contribution in [-0.2, 0) is 0 Å². The van der Waals surface area contributed by atoms with Crippen LogP contribution in [0.4, 0.5) is 10.1 Å². The number of nitrogens with one attached hydrogen (secondary N) is 1. The number of anilines is 1. The predicted octanol–water partition coefficient (Wildman–Crippen LogP) is 4.50. The first-order chi connectivity index (χ1) is 10.1. The summed E-state index contributed by atoms with van der Waals surface area (Å²) in [6, 6.07) is 14.0. The zero-order valence-electron chi connectivity index (χ0n) is 11.2. The third-order valence-electron chi connectivity index (χ3n) is 3.11. The minimum atomic E-state index is -0.491. The zero-order valence-corrected chi connectivity index (χ0v) is 12.8. The van der Waals surface area contributed by atoms with Crippen LogP contribution in [0.1, 0.15) is 29.7 Å². The van der Waals surface area contributed by atoms with Gasteiger partial charge in [-0.05, 0) is 52.7 Å². The lowest BCUT2D eigenvalue weighted by Gasteiger charge is -2.17. The molecule has 2 rings (SSSR count). The molecule has 0 aliphatic rings. The third kappa shape index (κ3) is 3.21. The Hall–Kier alpha value is -2.37. The monoisotopic (exact) mass is 343 g/mol. The molecule has 0 fully saturated rings. The molecule has 0 radical (unpaired) electrons. The molecular formula is C16H11BrFN3. The maximum atomic E-state index is 14.1. The van der Waals surface area contributed by atoms with E-state index >= 15 is 0 Å². The van der Waals surface area contributed by atoms with E-state index in [1.165, 1.54) is 0 Å². The van der Waals surface area contributed by atoms with Crippen molar-refractivity contribution in [1.82, 2.24) is 0 Å². The van der Waals surface area contributed by atoms with Crippen molar-refractivity contribution in [2.75, 3.05) is 5.32 Å². The summed E-state index contributed by atoms with van der Waals surface area (Å²) in [6.07, 6.45) is 0. The summed E-state index contributed by atoms with van der Waals surface area (Å²) in [4.78, 5) is 0. The highest BCUT2D eigenvalue weighted by atomic mass is 79.9. The Morgan fingerprint density at radius 2 is 1.76 bits per heavy atom. The van der Waals surface area contributed by atoms with Crippen LogP contribution in [0.3, 0.4) is 0 Å². The van der Waals surface area contributed by atoms with E-state index in [2.05, 4.69) is 27.3 Å². The maximum Gasteiger partial charge on any atom is 0.161 e. The van der Waals surface area contributed by atoms with Crippen LogP contribution in [0.15, 0.2) is 40.9 Å². The number of benzene rings is 2. The van der Waals surface area contributed by atoms with Gasteiger partial charge in [-0.15, -0.1) is 0 Å². The van der Waals surface area contributed by atoms with E-state index in [0.29, 0.717) is 11.3 Å². The summed E-state index contributed by atoms with van der Waals surface area (Å²) < 4.78 is 14.3. The van der Waals surface area contributed by atoms with Crippen molar-refractivity contribution >= 4 is 21.6 Å². The van der Waals surface area contributed by atoms with Crippen LogP contribution >= 0.6 is 15.9 Å². The van der Waals surface area contributed by atoms with Crippen LogP contribution in [-0.4, -0.2) is 0 Å². The summed E-state index contributed by atoms with van der Waals surface area (Å²) in [5.74, 6) is -0.491. The Morgan fingerprint density at radius 1 is 1.10 bits per heavy atom. The Balaban J connectivity index is 2.23. The highest BCUT2D eigenvalue weighted by Gasteiger charge is 2.13. The van der Waals surface area contributed by atoms with E-state index in [1.54, 1.807) is 24.3 Å². The average Bonchev–Trinajstić information content (AvgIpc) is 2.52. The van der Waals surface area contributed by atoms with Crippen LogP contribution in [0.2, 0.25) is 0 Å². The topological polar surface area (TPSA) is 59.6 Å². The molecule has 0 aromatic heterocycles. The molecule has 1 atom stereocenters. The van der Waals surface area contributed by atoms with Gasteiger partial charge in [0.05, 0.1) is 27.4 Å². The van der Waals surface area contributed by atoms with Crippen LogP contribution in [0.5, 0.6) is 0 Å². The molecule has 21 heavy (non-hydrogen) atoms. The number of nitriles is 2. The minimum absolute atomic E-state index is 0.132. The fourth-order valence-corrected chi connectivity index (χ4v) is 2.34. The van der Waals surface area contributed by atoms with Crippen LogP contribution < -0.4 is 5.32 Å². The summed E-state index contributed by atoms with van der Waals surface area (Å²) in [5.41, 5.74) is 2.09. The van der Waals surface area contributed by atoms with Gasteiger partial charge < -0.3 is 5.32 Å². The van der Waals surface area contributed by atoms with Crippen LogP contribution in [0.25, 0.3) is 0 Å². The number of nitrogens with zero attached hydrogens (tertiary/aromatic N) is 2. The molecule has 1 N–H and O–H groups in total. The molecular weight excluding hydrogens is 333 g/mol. The second-order valence-corrected chi connectivity index (χ2v) is 5.29. The van der Waals surface area contributed by atoms with E-state index in [0.717, 1.165) is 5.56 Å². The van der Waals surface area contributed by atoms with Gasteiger partial charge in [-0.3, -0.25) is 0 Å². The first kappa shape index (κ1) is 15.0. The summed E-state index contributed by atoms with van der Waals surface area (Å²) in [5, 5.41) is 20.7. The zero-order chi connectivity index (χ0) is 15.4. The van der Waals surface area contributed by atoms with E-state index in [-0.39, 0.29) is 16.1 Å². The number of rotatable bonds is 3. The minimum Gasteiger partial charge on any atom is -0.376 e. The highest BCUT2D eigenvalue weighted by molar-refractivity contribution is 9.10. The second kappa shape index (κ2) is 6.39. The Kier molecular flexibility index (Phi) is 4.57. The fraction of sp³-hybridized carbons (Fsp3) is 0.125. The molecule has 0 spiro atoms. The maximum absolute atomic E-state index is 14.1. The van der Waals surface area contributed by atoms with Crippen molar-refractivity contribution in [2.45, 2.75) is 13.0 Å². The predicted molar refractivity (Wildman–Crippen MR) is 82.0 cm³/mol. The molecule has 104 valence electrons. The van der Waals surface area contributed by atoms with Gasteiger partial charge >= 0.3 is 0 Å². The SMILES string of the molecule is CC(Nc1ccc(C#N)c(Br)c1F)c1ccc(C#N)cc1. The summed E-state index contributed by atoms with van der Waals surface area (Å²) >= 11 is 3.08. The van der Waals surface area contributed by atoms with Gasteiger partial charge in [0.25, 0.3) is 0 Å². The van der Waals surface area contributed by atoms with Gasteiger partial charge in [-0.2, -0.15) is 10.5 Å². The molecule has 1 unspecified atom stereocenters. The molecule has 0 amide bonds. The van der Waals surface area contributed by atoms with Crippen molar-refractivity contribution in [1.29, 1.82) is 10.5 Å². The molecule has 0 bridgehead atoms. The van der Waals surface area contributed by atoms with Crippen molar-refractivity contribution in [3.63, 3.8) is 0 Å². The quantitative estimate of drug-likeness (QED) is 0.892. The molecule has 3 nitrogen and oxygen atoms in total. The van der Waals surface area contributed by atoms with Gasteiger partial charge in [-0.25, -0.2) is 4.39 Å². The lowest BCUT2D eigenvalue weighted by Crippen LogP contribution is -2.08. The first-order valence-corrected chi connectivity index (χ1v) is 7.00. The first-order valence-electron chi connectivity index (χ1n) is 6.21. The molecule has 2 aromatic carbocycles. The lowest BCUT2D eigenvalue weighted by atomic mass is 10.1. The molecule has 0 aliphatic carbocycles. The van der Waals surface area contributed by atoms with Gasteiger partial charge in [-0.1, -0.05) is 12.1 Å². The molecule has 0 heterocycles. The van der Waals surface area contributed by atoms with Gasteiger partial charge in [0.2, 0.25) is 0 Å². The van der Waals surface area contributed by atoms with Crippen molar-refractivity contribution < 1.29 is 4.39 Å². The second-order valence-electron chi connectivity index (χ2n) is 4.50. The fourth-order valence-electron chi connectivity index (χ4n) is 1.91. The van der Waals surface area contributed by atoms with E-state index < -0.39 is 5.82 Å². The van der Waals surface area contributed by atoms with E-state index in [9.17, 15) is 4.39 Å².